The zero-order chi connectivity index (χ0) is 9.03. The van der Waals surface area contributed by atoms with E-state index < -0.39 is 5.67 Å². The van der Waals surface area contributed by atoms with Crippen molar-refractivity contribution in [1.29, 1.82) is 0 Å². The maximum Gasteiger partial charge on any atom is 0.124 e. The third-order valence-electron chi connectivity index (χ3n) is 2.55. The van der Waals surface area contributed by atoms with Gasteiger partial charge in [-0.15, -0.1) is 12.3 Å². The summed E-state index contributed by atoms with van der Waals surface area (Å²) in [5.74, 6) is 2.48. The molecule has 1 rings (SSSR count). The molecule has 1 aliphatic rings. The molecule has 2 unspecified atom stereocenters. The van der Waals surface area contributed by atoms with Crippen LogP contribution < -0.4 is 5.32 Å². The van der Waals surface area contributed by atoms with Crippen molar-refractivity contribution in [3.05, 3.63) is 0 Å². The summed E-state index contributed by atoms with van der Waals surface area (Å²) in [6.45, 7) is 2.59. The molecule has 0 aliphatic carbocycles. The normalized spacial score (nSPS) is 27.9. The summed E-state index contributed by atoms with van der Waals surface area (Å²) in [5.41, 5.74) is -1.12. The molecule has 1 aliphatic heterocycles. The standard InChI is InChI=1S/C10H16FN/c1-3-4-7-10(2,11)9-6-5-8-12-9/h1,9,12H,4-8H2,2H3. The monoisotopic (exact) mass is 169 g/mol. The van der Waals surface area contributed by atoms with E-state index in [-0.39, 0.29) is 6.04 Å². The summed E-state index contributed by atoms with van der Waals surface area (Å²) in [6, 6.07) is 0.0193. The van der Waals surface area contributed by atoms with Gasteiger partial charge in [0.1, 0.15) is 5.67 Å². The van der Waals surface area contributed by atoms with Crippen LogP contribution in [0.15, 0.2) is 0 Å². The molecule has 1 fully saturated rings. The topological polar surface area (TPSA) is 12.0 Å². The second-order valence-electron chi connectivity index (χ2n) is 3.63. The van der Waals surface area contributed by atoms with Crippen LogP contribution in [0.25, 0.3) is 0 Å². The number of rotatable bonds is 3. The molecule has 68 valence electrons. The summed E-state index contributed by atoms with van der Waals surface area (Å²) in [5, 5.41) is 3.16. The third-order valence-corrected chi connectivity index (χ3v) is 2.55. The van der Waals surface area contributed by atoms with E-state index in [0.29, 0.717) is 12.8 Å². The molecule has 0 aromatic rings. The first-order chi connectivity index (χ1) is 5.67. The van der Waals surface area contributed by atoms with Crippen LogP contribution in [0.5, 0.6) is 0 Å². The first kappa shape index (κ1) is 9.54. The summed E-state index contributed by atoms with van der Waals surface area (Å²) in [6.07, 6.45) is 8.13. The Bertz CT molecular complexity index is 175. The lowest BCUT2D eigenvalue weighted by molar-refractivity contribution is 0.127. The van der Waals surface area contributed by atoms with Gasteiger partial charge in [-0.2, -0.15) is 0 Å². The van der Waals surface area contributed by atoms with Gasteiger partial charge in [0.05, 0.1) is 0 Å². The fourth-order valence-corrected chi connectivity index (χ4v) is 1.69. The third kappa shape index (κ3) is 2.22. The highest BCUT2D eigenvalue weighted by Crippen LogP contribution is 2.27. The number of nitrogens with one attached hydrogen (secondary N) is 1. The minimum atomic E-state index is -1.12. The molecule has 1 heterocycles. The van der Waals surface area contributed by atoms with Gasteiger partial charge in [-0.3, -0.25) is 0 Å². The molecular formula is C10H16FN. The second-order valence-corrected chi connectivity index (χ2v) is 3.63. The van der Waals surface area contributed by atoms with Crippen molar-refractivity contribution in [3.63, 3.8) is 0 Å². The Morgan fingerprint density at radius 1 is 1.75 bits per heavy atom. The molecule has 0 radical (unpaired) electrons. The van der Waals surface area contributed by atoms with Gasteiger partial charge in [0.15, 0.2) is 0 Å². The predicted octanol–water partition coefficient (Wildman–Crippen LogP) is 1.88. The molecule has 2 atom stereocenters. The lowest BCUT2D eigenvalue weighted by Gasteiger charge is -2.26. The van der Waals surface area contributed by atoms with E-state index in [4.69, 9.17) is 6.42 Å². The molecule has 12 heavy (non-hydrogen) atoms. The Morgan fingerprint density at radius 3 is 3.00 bits per heavy atom. The van der Waals surface area contributed by atoms with Gasteiger partial charge >= 0.3 is 0 Å². The minimum absolute atomic E-state index is 0.0193. The van der Waals surface area contributed by atoms with Crippen LogP contribution in [0.4, 0.5) is 4.39 Å². The van der Waals surface area contributed by atoms with Crippen molar-refractivity contribution >= 4 is 0 Å². The average Bonchev–Trinajstić information content (AvgIpc) is 2.53. The van der Waals surface area contributed by atoms with Crippen LogP contribution in [0.2, 0.25) is 0 Å². The Hall–Kier alpha value is -0.550. The van der Waals surface area contributed by atoms with Crippen molar-refractivity contribution in [2.24, 2.45) is 0 Å². The Morgan fingerprint density at radius 2 is 2.50 bits per heavy atom. The van der Waals surface area contributed by atoms with Gasteiger partial charge < -0.3 is 5.32 Å². The fourth-order valence-electron chi connectivity index (χ4n) is 1.69. The minimum Gasteiger partial charge on any atom is -0.311 e. The van der Waals surface area contributed by atoms with Crippen molar-refractivity contribution in [2.45, 2.75) is 44.3 Å². The molecule has 1 saturated heterocycles. The fraction of sp³-hybridized carbons (Fsp3) is 0.800. The smallest absolute Gasteiger partial charge is 0.124 e. The van der Waals surface area contributed by atoms with Gasteiger partial charge in [0.2, 0.25) is 0 Å². The zero-order valence-corrected chi connectivity index (χ0v) is 7.57. The van der Waals surface area contributed by atoms with Gasteiger partial charge in [-0.25, -0.2) is 4.39 Å². The predicted molar refractivity (Wildman–Crippen MR) is 48.6 cm³/mol. The Labute approximate surface area is 73.7 Å². The lowest BCUT2D eigenvalue weighted by Crippen LogP contribution is -2.41. The quantitative estimate of drug-likeness (QED) is 0.636. The lowest BCUT2D eigenvalue weighted by atomic mass is 9.92. The first-order valence-corrected chi connectivity index (χ1v) is 4.52. The van der Waals surface area contributed by atoms with Crippen LogP contribution >= 0.6 is 0 Å². The van der Waals surface area contributed by atoms with Crippen LogP contribution in [0.3, 0.4) is 0 Å². The van der Waals surface area contributed by atoms with Crippen LogP contribution in [-0.2, 0) is 0 Å². The highest BCUT2D eigenvalue weighted by molar-refractivity contribution is 4.95. The summed E-state index contributed by atoms with van der Waals surface area (Å²) < 4.78 is 13.8. The Kier molecular flexibility index (Phi) is 3.11. The van der Waals surface area contributed by atoms with E-state index in [0.717, 1.165) is 19.4 Å². The second kappa shape index (κ2) is 3.91. The van der Waals surface area contributed by atoms with Crippen LogP contribution in [0.1, 0.15) is 32.6 Å². The van der Waals surface area contributed by atoms with E-state index in [1.54, 1.807) is 6.92 Å². The van der Waals surface area contributed by atoms with Gasteiger partial charge in [-0.05, 0) is 32.7 Å². The van der Waals surface area contributed by atoms with E-state index in [1.807, 2.05) is 0 Å². The number of halogens is 1. The first-order valence-electron chi connectivity index (χ1n) is 4.52. The van der Waals surface area contributed by atoms with Gasteiger partial charge in [-0.1, -0.05) is 0 Å². The zero-order valence-electron chi connectivity index (χ0n) is 7.57. The molecule has 0 spiro atoms. The van der Waals surface area contributed by atoms with Crippen LogP contribution in [-0.4, -0.2) is 18.3 Å². The average molecular weight is 169 g/mol. The van der Waals surface area contributed by atoms with E-state index in [2.05, 4.69) is 11.2 Å². The molecule has 0 aromatic carbocycles. The van der Waals surface area contributed by atoms with Gasteiger partial charge in [0, 0.05) is 12.5 Å². The molecule has 2 heteroatoms. The molecule has 0 saturated carbocycles. The maximum atomic E-state index is 13.8. The highest BCUT2D eigenvalue weighted by Gasteiger charge is 2.35. The molecular weight excluding hydrogens is 153 g/mol. The van der Waals surface area contributed by atoms with Crippen molar-refractivity contribution < 1.29 is 4.39 Å². The maximum absolute atomic E-state index is 13.8. The molecule has 0 amide bonds. The molecule has 1 N–H and O–H groups in total. The van der Waals surface area contributed by atoms with Crippen molar-refractivity contribution in [2.75, 3.05) is 6.54 Å². The highest BCUT2D eigenvalue weighted by atomic mass is 19.1. The molecule has 0 bridgehead atoms. The van der Waals surface area contributed by atoms with Crippen molar-refractivity contribution in [3.8, 4) is 12.3 Å². The summed E-state index contributed by atoms with van der Waals surface area (Å²) in [4.78, 5) is 0. The molecule has 1 nitrogen and oxygen atoms in total. The Balaban J connectivity index is 2.40. The number of alkyl halides is 1. The van der Waals surface area contributed by atoms with E-state index in [1.165, 1.54) is 0 Å². The number of hydrogen-bond donors (Lipinski definition) is 1. The van der Waals surface area contributed by atoms with Gasteiger partial charge in [0.25, 0.3) is 0 Å². The van der Waals surface area contributed by atoms with E-state index in [9.17, 15) is 4.39 Å². The van der Waals surface area contributed by atoms with Crippen molar-refractivity contribution in [1.82, 2.24) is 5.32 Å². The SMILES string of the molecule is C#CCCC(C)(F)C1CCCN1. The largest absolute Gasteiger partial charge is 0.311 e. The molecule has 0 aromatic heterocycles. The summed E-state index contributed by atoms with van der Waals surface area (Å²) >= 11 is 0. The van der Waals surface area contributed by atoms with E-state index >= 15 is 0 Å². The van der Waals surface area contributed by atoms with Crippen LogP contribution in [0, 0.1) is 12.3 Å². The number of hydrogen-bond acceptors (Lipinski definition) is 1. The number of terminal acetylenes is 1. The summed E-state index contributed by atoms with van der Waals surface area (Å²) in [7, 11) is 0.